The Morgan fingerprint density at radius 3 is 2.83 bits per heavy atom. The van der Waals surface area contributed by atoms with E-state index in [1.54, 1.807) is 25.1 Å². The largest absolute Gasteiger partial charge is 0.504 e. The second kappa shape index (κ2) is 8.21. The molecule has 0 saturated heterocycles. The van der Waals surface area contributed by atoms with Gasteiger partial charge < -0.3 is 15.2 Å². The van der Waals surface area contributed by atoms with Crippen molar-refractivity contribution in [1.82, 2.24) is 9.97 Å². The van der Waals surface area contributed by atoms with E-state index in [9.17, 15) is 8.99 Å². The van der Waals surface area contributed by atoms with Crippen molar-refractivity contribution >= 4 is 40.5 Å². The Morgan fingerprint density at radius 1 is 1.46 bits per heavy atom. The number of rotatable bonds is 6. The van der Waals surface area contributed by atoms with E-state index in [-0.39, 0.29) is 23.2 Å². The predicted octanol–water partition coefficient (Wildman–Crippen LogP) is 4.88. The SMILES string of the molecule is C/C=C(\C=C(/C)CNc1nc(Cl)nc2cc(O)c(OC)cc12)SF. The van der Waals surface area contributed by atoms with E-state index >= 15 is 0 Å². The van der Waals surface area contributed by atoms with Crippen molar-refractivity contribution in [2.45, 2.75) is 13.8 Å². The molecule has 0 aliphatic carbocycles. The summed E-state index contributed by atoms with van der Waals surface area (Å²) in [6.45, 7) is 4.10. The lowest BCUT2D eigenvalue weighted by atomic mass is 10.2. The van der Waals surface area contributed by atoms with Crippen LogP contribution >= 0.6 is 23.7 Å². The average molecular weight is 370 g/mol. The number of allylic oxidation sites excluding steroid dienone is 2. The topological polar surface area (TPSA) is 67.3 Å². The fourth-order valence-electron chi connectivity index (χ4n) is 2.08. The van der Waals surface area contributed by atoms with Gasteiger partial charge in [-0.05, 0) is 37.6 Å². The molecule has 0 saturated carbocycles. The third-order valence-corrected chi connectivity index (χ3v) is 3.97. The Morgan fingerprint density at radius 2 is 2.21 bits per heavy atom. The fraction of sp³-hybridized carbons (Fsp3) is 0.250. The van der Waals surface area contributed by atoms with Gasteiger partial charge in [-0.3, -0.25) is 0 Å². The van der Waals surface area contributed by atoms with Crippen LogP contribution in [0.15, 0.2) is 34.8 Å². The molecule has 2 aromatic rings. The Bertz CT molecular complexity index is 811. The summed E-state index contributed by atoms with van der Waals surface area (Å²) in [5.74, 6) is 0.791. The molecule has 1 aromatic heterocycles. The highest BCUT2D eigenvalue weighted by atomic mass is 35.5. The van der Waals surface area contributed by atoms with E-state index in [4.69, 9.17) is 16.3 Å². The summed E-state index contributed by atoms with van der Waals surface area (Å²) in [6.07, 6.45) is 3.44. The molecule has 1 heterocycles. The molecule has 0 aliphatic rings. The smallest absolute Gasteiger partial charge is 0.224 e. The number of hydrogen-bond acceptors (Lipinski definition) is 6. The number of methoxy groups -OCH3 is 1. The number of benzene rings is 1. The van der Waals surface area contributed by atoms with E-state index in [0.29, 0.717) is 33.9 Å². The van der Waals surface area contributed by atoms with Crippen LogP contribution in [0.2, 0.25) is 5.28 Å². The van der Waals surface area contributed by atoms with Crippen molar-refractivity contribution in [3.63, 3.8) is 0 Å². The van der Waals surface area contributed by atoms with Crippen molar-refractivity contribution in [3.05, 3.63) is 40.0 Å². The first-order valence-corrected chi connectivity index (χ1v) is 8.18. The first-order valence-electron chi connectivity index (χ1n) is 7.08. The number of halogens is 2. The normalized spacial score (nSPS) is 12.5. The molecular weight excluding hydrogens is 353 g/mol. The Labute approximate surface area is 148 Å². The number of phenolic OH excluding ortho intramolecular Hbond substituents is 1. The third-order valence-electron chi connectivity index (χ3n) is 3.27. The monoisotopic (exact) mass is 369 g/mol. The van der Waals surface area contributed by atoms with Crippen LogP contribution in [0.25, 0.3) is 10.9 Å². The highest BCUT2D eigenvalue weighted by molar-refractivity contribution is 7.98. The van der Waals surface area contributed by atoms with Crippen molar-refractivity contribution < 1.29 is 13.7 Å². The molecule has 0 bridgehead atoms. The lowest BCUT2D eigenvalue weighted by Gasteiger charge is -2.11. The predicted molar refractivity (Wildman–Crippen MR) is 97.5 cm³/mol. The molecule has 2 rings (SSSR count). The van der Waals surface area contributed by atoms with Crippen molar-refractivity contribution in [3.8, 4) is 11.5 Å². The summed E-state index contributed by atoms with van der Waals surface area (Å²) in [5, 5.41) is 13.7. The number of nitrogens with zero attached hydrogens (tertiary/aromatic N) is 2. The Kier molecular flexibility index (Phi) is 6.28. The van der Waals surface area contributed by atoms with Gasteiger partial charge in [0.25, 0.3) is 0 Å². The zero-order valence-corrected chi connectivity index (χ0v) is 15.0. The number of aromatic nitrogens is 2. The standard InChI is InChI=1S/C16H17ClFN3O2S/c1-4-10(24-18)5-9(2)8-19-15-11-6-14(23-3)13(22)7-12(11)20-16(17)21-15/h4-7,22H,8H2,1-3H3,(H,19,20,21)/b9-5+,10-4+. The molecule has 0 spiro atoms. The molecule has 0 radical (unpaired) electrons. The second-order valence-corrected chi connectivity index (χ2v) is 5.96. The molecule has 24 heavy (non-hydrogen) atoms. The van der Waals surface area contributed by atoms with Crippen LogP contribution in [0, 0.1) is 0 Å². The maximum absolute atomic E-state index is 12.7. The van der Waals surface area contributed by atoms with E-state index in [1.807, 2.05) is 6.92 Å². The first kappa shape index (κ1) is 18.4. The highest BCUT2D eigenvalue weighted by Crippen LogP contribution is 2.33. The van der Waals surface area contributed by atoms with Crippen molar-refractivity contribution in [2.75, 3.05) is 19.0 Å². The first-order chi connectivity index (χ1) is 11.5. The van der Waals surface area contributed by atoms with Crippen LogP contribution in [0.4, 0.5) is 9.70 Å². The summed E-state index contributed by atoms with van der Waals surface area (Å²) in [6, 6.07) is 3.10. The van der Waals surface area contributed by atoms with Gasteiger partial charge >= 0.3 is 0 Å². The summed E-state index contributed by atoms with van der Waals surface area (Å²) in [5.41, 5.74) is 1.41. The zero-order valence-electron chi connectivity index (χ0n) is 13.4. The Balaban J connectivity index is 2.34. The summed E-state index contributed by atoms with van der Waals surface area (Å²) in [4.78, 5) is 8.81. The number of anilines is 1. The van der Waals surface area contributed by atoms with E-state index < -0.39 is 0 Å². The van der Waals surface area contributed by atoms with Gasteiger partial charge in [-0.2, -0.15) is 3.89 Å². The minimum atomic E-state index is -0.0283. The van der Waals surface area contributed by atoms with Crippen molar-refractivity contribution in [1.29, 1.82) is 0 Å². The minimum absolute atomic E-state index is 0.0283. The molecule has 0 fully saturated rings. The molecule has 0 unspecified atom stereocenters. The maximum atomic E-state index is 12.7. The number of aromatic hydroxyl groups is 1. The quantitative estimate of drug-likeness (QED) is 0.559. The van der Waals surface area contributed by atoms with Gasteiger partial charge in [-0.25, -0.2) is 9.97 Å². The van der Waals surface area contributed by atoms with Crippen LogP contribution in [0.3, 0.4) is 0 Å². The maximum Gasteiger partial charge on any atom is 0.224 e. The second-order valence-electron chi connectivity index (χ2n) is 4.99. The molecule has 0 aliphatic heterocycles. The van der Waals surface area contributed by atoms with Crippen LogP contribution in [-0.2, 0) is 0 Å². The number of phenols is 1. The van der Waals surface area contributed by atoms with Gasteiger partial charge in [-0.15, -0.1) is 0 Å². The van der Waals surface area contributed by atoms with Crippen LogP contribution in [0.5, 0.6) is 11.5 Å². The lowest BCUT2D eigenvalue weighted by molar-refractivity contribution is 0.374. The number of ether oxygens (including phenoxy) is 1. The summed E-state index contributed by atoms with van der Waals surface area (Å²) < 4.78 is 17.8. The van der Waals surface area contributed by atoms with Gasteiger partial charge in [0.05, 0.1) is 24.8 Å². The molecule has 2 N–H and O–H groups in total. The molecule has 8 heteroatoms. The van der Waals surface area contributed by atoms with Gasteiger partial charge in [0, 0.05) is 22.9 Å². The fourth-order valence-corrected chi connectivity index (χ4v) is 2.59. The number of nitrogens with one attached hydrogen (secondary N) is 1. The molecule has 1 aromatic carbocycles. The molecule has 0 amide bonds. The molecule has 5 nitrogen and oxygen atoms in total. The van der Waals surface area contributed by atoms with E-state index in [1.165, 1.54) is 13.2 Å². The van der Waals surface area contributed by atoms with Gasteiger partial charge in [0.2, 0.25) is 5.28 Å². The average Bonchev–Trinajstić information content (AvgIpc) is 2.56. The van der Waals surface area contributed by atoms with Gasteiger partial charge in [0.15, 0.2) is 11.5 Å². The third kappa shape index (κ3) is 4.30. The van der Waals surface area contributed by atoms with Crippen LogP contribution in [-0.4, -0.2) is 28.7 Å². The Hall–Kier alpha value is -1.99. The molecule has 0 atom stereocenters. The van der Waals surface area contributed by atoms with E-state index in [0.717, 1.165) is 5.57 Å². The summed E-state index contributed by atoms with van der Waals surface area (Å²) in [7, 11) is 1.46. The lowest BCUT2D eigenvalue weighted by Crippen LogP contribution is -2.06. The van der Waals surface area contributed by atoms with Gasteiger partial charge in [0.1, 0.15) is 5.82 Å². The van der Waals surface area contributed by atoms with Crippen molar-refractivity contribution in [2.24, 2.45) is 0 Å². The molecule has 128 valence electrons. The zero-order chi connectivity index (χ0) is 17.7. The van der Waals surface area contributed by atoms with Gasteiger partial charge in [-0.1, -0.05) is 11.6 Å². The molecular formula is C16H17ClFN3O2S. The summed E-state index contributed by atoms with van der Waals surface area (Å²) >= 11 is 6.14. The number of hydrogen-bond donors (Lipinski definition) is 2. The number of fused-ring (bicyclic) bond motifs is 1. The van der Waals surface area contributed by atoms with Crippen LogP contribution < -0.4 is 10.1 Å². The minimum Gasteiger partial charge on any atom is -0.504 e. The van der Waals surface area contributed by atoms with E-state index in [2.05, 4.69) is 15.3 Å². The highest BCUT2D eigenvalue weighted by Gasteiger charge is 2.11. The van der Waals surface area contributed by atoms with Crippen LogP contribution in [0.1, 0.15) is 13.8 Å².